The molecular weight excluding hydrogens is 283 g/mol. The lowest BCUT2D eigenvalue weighted by atomic mass is 10.1. The highest BCUT2D eigenvalue weighted by Gasteiger charge is 2.06. The van der Waals surface area contributed by atoms with Crippen molar-refractivity contribution in [1.82, 2.24) is 0 Å². The third-order valence-electron chi connectivity index (χ3n) is 2.60. The third kappa shape index (κ3) is 4.06. The molecule has 98 valence electrons. The number of rotatable bonds is 5. The van der Waals surface area contributed by atoms with Gasteiger partial charge in [-0.2, -0.15) is 0 Å². The Bertz CT molecular complexity index is 568. The first-order chi connectivity index (χ1) is 9.16. The molecule has 2 aromatic carbocycles. The van der Waals surface area contributed by atoms with Crippen molar-refractivity contribution in [3.63, 3.8) is 0 Å². The molecule has 0 saturated heterocycles. The summed E-state index contributed by atoms with van der Waals surface area (Å²) in [6.07, 6.45) is 0. The molecule has 0 aromatic heterocycles. The molecule has 0 spiro atoms. The van der Waals surface area contributed by atoms with Crippen LogP contribution in [0, 0.1) is 0 Å². The van der Waals surface area contributed by atoms with Gasteiger partial charge in [0.2, 0.25) is 0 Å². The molecule has 0 fully saturated rings. The van der Waals surface area contributed by atoms with Crippen molar-refractivity contribution in [1.29, 1.82) is 0 Å². The van der Waals surface area contributed by atoms with Gasteiger partial charge in [-0.05, 0) is 17.7 Å². The van der Waals surface area contributed by atoms with Crippen LogP contribution >= 0.6 is 23.2 Å². The molecule has 0 saturated carbocycles. The standard InChI is InChI=1S/C15H12Cl2O2/c16-13-7-6-12(14(17)8-13)9-19-10-15(18)11-4-2-1-3-5-11/h1-8H,9-10H2. The largest absolute Gasteiger partial charge is 0.369 e. The lowest BCUT2D eigenvalue weighted by molar-refractivity contribution is 0.0726. The van der Waals surface area contributed by atoms with Gasteiger partial charge in [-0.25, -0.2) is 0 Å². The van der Waals surface area contributed by atoms with Crippen molar-refractivity contribution >= 4 is 29.0 Å². The zero-order chi connectivity index (χ0) is 13.7. The van der Waals surface area contributed by atoms with Crippen LogP contribution in [0.4, 0.5) is 0 Å². The van der Waals surface area contributed by atoms with Gasteiger partial charge in [-0.3, -0.25) is 4.79 Å². The maximum absolute atomic E-state index is 11.8. The molecule has 0 aliphatic carbocycles. The number of ether oxygens (including phenoxy) is 1. The van der Waals surface area contributed by atoms with Gasteiger partial charge in [0.25, 0.3) is 0 Å². The van der Waals surface area contributed by atoms with Crippen LogP contribution in [0.25, 0.3) is 0 Å². The number of hydrogen-bond acceptors (Lipinski definition) is 2. The first kappa shape index (κ1) is 14.1. The zero-order valence-electron chi connectivity index (χ0n) is 10.1. The van der Waals surface area contributed by atoms with Crippen LogP contribution in [0.15, 0.2) is 48.5 Å². The normalized spacial score (nSPS) is 10.4. The second-order valence-electron chi connectivity index (χ2n) is 4.02. The first-order valence-electron chi connectivity index (χ1n) is 5.77. The van der Waals surface area contributed by atoms with E-state index < -0.39 is 0 Å². The Morgan fingerprint density at radius 1 is 1.05 bits per heavy atom. The van der Waals surface area contributed by atoms with Crippen molar-refractivity contribution in [3.05, 3.63) is 69.7 Å². The minimum Gasteiger partial charge on any atom is -0.369 e. The quantitative estimate of drug-likeness (QED) is 0.764. The molecule has 0 heterocycles. The van der Waals surface area contributed by atoms with E-state index in [1.807, 2.05) is 18.2 Å². The molecular formula is C15H12Cl2O2. The number of ketones is 1. The third-order valence-corrected chi connectivity index (χ3v) is 3.19. The summed E-state index contributed by atoms with van der Waals surface area (Å²) in [6.45, 7) is 0.317. The summed E-state index contributed by atoms with van der Waals surface area (Å²) in [7, 11) is 0. The molecule has 2 aromatic rings. The Hall–Kier alpha value is -1.35. The number of Topliss-reactive ketones (excluding diaryl/α,β-unsaturated/α-hetero) is 1. The summed E-state index contributed by atoms with van der Waals surface area (Å²) in [6, 6.07) is 14.2. The SMILES string of the molecule is O=C(COCc1ccc(Cl)cc1Cl)c1ccccc1. The van der Waals surface area contributed by atoms with E-state index in [-0.39, 0.29) is 19.0 Å². The Labute approximate surface area is 121 Å². The van der Waals surface area contributed by atoms with E-state index in [0.717, 1.165) is 5.56 Å². The molecule has 0 unspecified atom stereocenters. The van der Waals surface area contributed by atoms with Gasteiger partial charge >= 0.3 is 0 Å². The summed E-state index contributed by atoms with van der Waals surface area (Å²) >= 11 is 11.8. The zero-order valence-corrected chi connectivity index (χ0v) is 11.6. The van der Waals surface area contributed by atoms with Crippen LogP contribution in [0.3, 0.4) is 0 Å². The Kier molecular flexibility index (Phi) is 4.97. The van der Waals surface area contributed by atoms with E-state index >= 15 is 0 Å². The maximum Gasteiger partial charge on any atom is 0.188 e. The molecule has 19 heavy (non-hydrogen) atoms. The van der Waals surface area contributed by atoms with E-state index in [0.29, 0.717) is 15.6 Å². The average molecular weight is 295 g/mol. The summed E-state index contributed by atoms with van der Waals surface area (Å²) in [5, 5.41) is 1.12. The predicted molar refractivity (Wildman–Crippen MR) is 76.9 cm³/mol. The van der Waals surface area contributed by atoms with E-state index in [4.69, 9.17) is 27.9 Å². The Balaban J connectivity index is 1.88. The lowest BCUT2D eigenvalue weighted by Gasteiger charge is -2.06. The van der Waals surface area contributed by atoms with Gasteiger partial charge in [0.15, 0.2) is 5.78 Å². The van der Waals surface area contributed by atoms with Crippen LogP contribution < -0.4 is 0 Å². The van der Waals surface area contributed by atoms with Crippen LogP contribution in [-0.2, 0) is 11.3 Å². The van der Waals surface area contributed by atoms with Crippen molar-refractivity contribution in [2.75, 3.05) is 6.61 Å². The van der Waals surface area contributed by atoms with Gasteiger partial charge in [0, 0.05) is 15.6 Å². The minimum atomic E-state index is -0.0503. The molecule has 0 aliphatic heterocycles. The van der Waals surface area contributed by atoms with Crippen LogP contribution in [0.2, 0.25) is 10.0 Å². The van der Waals surface area contributed by atoms with E-state index in [1.54, 1.807) is 30.3 Å². The second-order valence-corrected chi connectivity index (χ2v) is 4.86. The number of carbonyl (C=O) groups excluding carboxylic acids is 1. The number of hydrogen-bond donors (Lipinski definition) is 0. The number of benzene rings is 2. The fraction of sp³-hybridized carbons (Fsp3) is 0.133. The van der Waals surface area contributed by atoms with Crippen LogP contribution in [0.5, 0.6) is 0 Å². The Morgan fingerprint density at radius 3 is 2.47 bits per heavy atom. The maximum atomic E-state index is 11.8. The number of carbonyl (C=O) groups is 1. The van der Waals surface area contributed by atoms with E-state index in [2.05, 4.69) is 0 Å². The van der Waals surface area contributed by atoms with Gasteiger partial charge in [0.05, 0.1) is 6.61 Å². The van der Waals surface area contributed by atoms with E-state index in [1.165, 1.54) is 0 Å². The highest BCUT2D eigenvalue weighted by atomic mass is 35.5. The van der Waals surface area contributed by atoms with Gasteiger partial charge < -0.3 is 4.74 Å². The van der Waals surface area contributed by atoms with Crippen molar-refractivity contribution in [2.24, 2.45) is 0 Å². The Morgan fingerprint density at radius 2 is 1.79 bits per heavy atom. The fourth-order valence-electron chi connectivity index (χ4n) is 1.60. The lowest BCUT2D eigenvalue weighted by Crippen LogP contribution is -2.09. The molecule has 2 nitrogen and oxygen atoms in total. The molecule has 0 aliphatic rings. The van der Waals surface area contributed by atoms with Crippen LogP contribution in [0.1, 0.15) is 15.9 Å². The van der Waals surface area contributed by atoms with Gasteiger partial charge in [-0.15, -0.1) is 0 Å². The molecule has 4 heteroatoms. The van der Waals surface area contributed by atoms with Gasteiger partial charge in [0.1, 0.15) is 6.61 Å². The topological polar surface area (TPSA) is 26.3 Å². The predicted octanol–water partition coefficient (Wildman–Crippen LogP) is 4.39. The summed E-state index contributed by atoms with van der Waals surface area (Å²) < 4.78 is 5.38. The monoisotopic (exact) mass is 294 g/mol. The molecule has 2 rings (SSSR count). The highest BCUT2D eigenvalue weighted by molar-refractivity contribution is 6.35. The van der Waals surface area contributed by atoms with Crippen LogP contribution in [-0.4, -0.2) is 12.4 Å². The minimum absolute atomic E-state index is 0.0307. The van der Waals surface area contributed by atoms with Crippen molar-refractivity contribution in [3.8, 4) is 0 Å². The molecule has 0 atom stereocenters. The van der Waals surface area contributed by atoms with Crippen molar-refractivity contribution in [2.45, 2.75) is 6.61 Å². The average Bonchev–Trinajstić information content (AvgIpc) is 2.42. The summed E-state index contributed by atoms with van der Waals surface area (Å²) in [5.41, 5.74) is 1.46. The highest BCUT2D eigenvalue weighted by Crippen LogP contribution is 2.21. The molecule has 0 N–H and O–H groups in total. The van der Waals surface area contributed by atoms with E-state index in [9.17, 15) is 4.79 Å². The van der Waals surface area contributed by atoms with Crippen molar-refractivity contribution < 1.29 is 9.53 Å². The number of halogens is 2. The summed E-state index contributed by atoms with van der Waals surface area (Å²) in [5.74, 6) is -0.0503. The fourth-order valence-corrected chi connectivity index (χ4v) is 2.06. The molecule has 0 radical (unpaired) electrons. The molecule has 0 amide bonds. The molecule has 0 bridgehead atoms. The second kappa shape index (κ2) is 6.71. The first-order valence-corrected chi connectivity index (χ1v) is 6.52. The van der Waals surface area contributed by atoms with Gasteiger partial charge in [-0.1, -0.05) is 59.6 Å². The smallest absolute Gasteiger partial charge is 0.188 e. The summed E-state index contributed by atoms with van der Waals surface area (Å²) in [4.78, 5) is 11.8.